The summed E-state index contributed by atoms with van der Waals surface area (Å²) in [6.45, 7) is 0.707. The van der Waals surface area contributed by atoms with E-state index in [1.54, 1.807) is 63.8 Å². The molecule has 8 heteroatoms. The molecule has 0 saturated carbocycles. The Kier molecular flexibility index (Phi) is 6.97. The van der Waals surface area contributed by atoms with Crippen molar-refractivity contribution < 1.29 is 23.8 Å². The summed E-state index contributed by atoms with van der Waals surface area (Å²) in [4.78, 5) is 27.5. The zero-order valence-electron chi connectivity index (χ0n) is 17.0. The van der Waals surface area contributed by atoms with Crippen molar-refractivity contribution in [1.82, 2.24) is 4.90 Å². The number of hydrogen-bond acceptors (Lipinski definition) is 6. The molecule has 0 aromatic heterocycles. The maximum absolute atomic E-state index is 13.1. The molecule has 0 unspecified atom stereocenters. The summed E-state index contributed by atoms with van der Waals surface area (Å²) in [5.74, 6) is 0.344. The average molecular weight is 431 g/mol. The van der Waals surface area contributed by atoms with E-state index in [4.69, 9.17) is 25.8 Å². The molecule has 158 valence electrons. The van der Waals surface area contributed by atoms with Gasteiger partial charge in [0.05, 0.1) is 19.8 Å². The third kappa shape index (κ3) is 4.58. The summed E-state index contributed by atoms with van der Waals surface area (Å²) in [5, 5.41) is 3.64. The fourth-order valence-corrected chi connectivity index (χ4v) is 3.30. The summed E-state index contributed by atoms with van der Waals surface area (Å²) in [6, 6.07) is 12.0. The van der Waals surface area contributed by atoms with Crippen molar-refractivity contribution in [2.75, 3.05) is 39.8 Å². The van der Waals surface area contributed by atoms with E-state index in [1.165, 1.54) is 4.90 Å². The van der Waals surface area contributed by atoms with E-state index in [1.807, 2.05) is 0 Å². The van der Waals surface area contributed by atoms with Crippen molar-refractivity contribution >= 4 is 34.7 Å². The highest BCUT2D eigenvalue weighted by Crippen LogP contribution is 2.33. The summed E-state index contributed by atoms with van der Waals surface area (Å²) in [5.41, 5.74) is 1.64. The molecule has 0 spiro atoms. The van der Waals surface area contributed by atoms with Crippen LogP contribution in [0.25, 0.3) is 5.57 Å². The Morgan fingerprint density at radius 1 is 0.933 bits per heavy atom. The van der Waals surface area contributed by atoms with Crippen LogP contribution in [0.4, 0.5) is 5.69 Å². The van der Waals surface area contributed by atoms with Gasteiger partial charge in [0.25, 0.3) is 11.8 Å². The molecule has 2 amide bonds. The molecule has 0 saturated heterocycles. The topological polar surface area (TPSA) is 77.1 Å². The molecule has 0 fully saturated rings. The van der Waals surface area contributed by atoms with Crippen LogP contribution in [-0.2, 0) is 14.3 Å². The predicted octanol–water partition coefficient (Wildman–Crippen LogP) is 3.59. The molecule has 7 nitrogen and oxygen atoms in total. The highest BCUT2D eigenvalue weighted by Gasteiger charge is 2.38. The molecule has 0 atom stereocenters. The van der Waals surface area contributed by atoms with Crippen LogP contribution >= 0.6 is 11.6 Å². The molecule has 2 aromatic rings. The number of methoxy groups -OCH3 is 3. The molecule has 30 heavy (non-hydrogen) atoms. The number of hydrogen-bond donors (Lipinski definition) is 1. The van der Waals surface area contributed by atoms with Crippen molar-refractivity contribution in [3.05, 3.63) is 58.7 Å². The minimum Gasteiger partial charge on any atom is -0.497 e. The number of carbonyl (C=O) groups is 2. The normalized spacial score (nSPS) is 13.8. The van der Waals surface area contributed by atoms with Gasteiger partial charge in [-0.2, -0.15) is 0 Å². The predicted molar refractivity (Wildman–Crippen MR) is 115 cm³/mol. The fraction of sp³-hybridized carbons (Fsp3) is 0.273. The number of imide groups is 1. The zero-order valence-corrected chi connectivity index (χ0v) is 17.8. The van der Waals surface area contributed by atoms with Crippen LogP contribution in [0.15, 0.2) is 48.2 Å². The summed E-state index contributed by atoms with van der Waals surface area (Å²) < 4.78 is 15.6. The second-order valence-electron chi connectivity index (χ2n) is 6.59. The SMILES string of the molecule is COCCCN1C(=O)C(Nc2cc(OC)cc(OC)c2)=C(c2ccc(Cl)cc2)C1=O. The largest absolute Gasteiger partial charge is 0.497 e. The van der Waals surface area contributed by atoms with E-state index in [0.717, 1.165) is 0 Å². The van der Waals surface area contributed by atoms with Crippen molar-refractivity contribution in [3.63, 3.8) is 0 Å². The first kappa shape index (κ1) is 21.7. The van der Waals surface area contributed by atoms with Crippen LogP contribution < -0.4 is 14.8 Å². The monoisotopic (exact) mass is 430 g/mol. The Hall–Kier alpha value is -3.03. The third-order valence-corrected chi connectivity index (χ3v) is 4.90. The van der Waals surface area contributed by atoms with Crippen molar-refractivity contribution in [3.8, 4) is 11.5 Å². The number of benzene rings is 2. The van der Waals surface area contributed by atoms with E-state index in [9.17, 15) is 9.59 Å². The van der Waals surface area contributed by atoms with E-state index >= 15 is 0 Å². The first-order valence-corrected chi connectivity index (χ1v) is 9.71. The lowest BCUT2D eigenvalue weighted by Crippen LogP contribution is -2.33. The molecule has 1 N–H and O–H groups in total. The van der Waals surface area contributed by atoms with Crippen molar-refractivity contribution in [2.45, 2.75) is 6.42 Å². The molecule has 2 aromatic carbocycles. The fourth-order valence-electron chi connectivity index (χ4n) is 3.17. The maximum atomic E-state index is 13.1. The van der Waals surface area contributed by atoms with E-state index in [-0.39, 0.29) is 23.7 Å². The molecule has 3 rings (SSSR count). The van der Waals surface area contributed by atoms with Gasteiger partial charge in [-0.3, -0.25) is 14.5 Å². The Labute approximate surface area is 180 Å². The van der Waals surface area contributed by atoms with Gasteiger partial charge in [0, 0.05) is 49.2 Å². The number of nitrogens with zero attached hydrogens (tertiary/aromatic N) is 1. The lowest BCUT2D eigenvalue weighted by atomic mass is 10.0. The van der Waals surface area contributed by atoms with Gasteiger partial charge in [0.2, 0.25) is 0 Å². The highest BCUT2D eigenvalue weighted by molar-refractivity contribution is 6.36. The van der Waals surface area contributed by atoms with E-state index < -0.39 is 5.91 Å². The number of nitrogens with one attached hydrogen (secondary N) is 1. The molecule has 1 aliphatic heterocycles. The average Bonchev–Trinajstić information content (AvgIpc) is 2.98. The van der Waals surface area contributed by atoms with Crippen LogP contribution in [0.1, 0.15) is 12.0 Å². The van der Waals surface area contributed by atoms with Gasteiger partial charge in [-0.1, -0.05) is 23.7 Å². The molecule has 0 aliphatic carbocycles. The van der Waals surface area contributed by atoms with Gasteiger partial charge in [-0.15, -0.1) is 0 Å². The van der Waals surface area contributed by atoms with E-state index in [0.29, 0.717) is 40.8 Å². The minimum absolute atomic E-state index is 0.190. The third-order valence-electron chi connectivity index (χ3n) is 4.65. The summed E-state index contributed by atoms with van der Waals surface area (Å²) >= 11 is 5.99. The van der Waals surface area contributed by atoms with Crippen LogP contribution in [0, 0.1) is 0 Å². The van der Waals surface area contributed by atoms with Crippen LogP contribution in [0.5, 0.6) is 11.5 Å². The Bertz CT molecular complexity index is 950. The second-order valence-corrected chi connectivity index (χ2v) is 7.03. The first-order valence-electron chi connectivity index (χ1n) is 9.34. The van der Waals surface area contributed by atoms with Gasteiger partial charge >= 0.3 is 0 Å². The number of anilines is 1. The Morgan fingerprint density at radius 2 is 1.57 bits per heavy atom. The van der Waals surface area contributed by atoms with Crippen LogP contribution in [-0.4, -0.2) is 51.2 Å². The zero-order chi connectivity index (χ0) is 21.7. The second kappa shape index (κ2) is 9.65. The smallest absolute Gasteiger partial charge is 0.278 e. The molecular weight excluding hydrogens is 408 g/mol. The summed E-state index contributed by atoms with van der Waals surface area (Å²) in [6.07, 6.45) is 0.544. The van der Waals surface area contributed by atoms with Crippen molar-refractivity contribution in [1.29, 1.82) is 0 Å². The Balaban J connectivity index is 2.02. The standard InChI is InChI=1S/C22H23ClN2O5/c1-28-10-4-9-25-21(26)19(14-5-7-15(23)8-6-14)20(22(25)27)24-16-11-17(29-2)13-18(12-16)30-3/h5-8,11-13,24H,4,9-10H2,1-3H3. The van der Waals surface area contributed by atoms with Gasteiger partial charge in [-0.25, -0.2) is 0 Å². The van der Waals surface area contributed by atoms with Gasteiger partial charge in [0.15, 0.2) is 0 Å². The number of halogens is 1. The maximum Gasteiger partial charge on any atom is 0.278 e. The van der Waals surface area contributed by atoms with Crippen LogP contribution in [0.2, 0.25) is 5.02 Å². The molecule has 0 radical (unpaired) electrons. The highest BCUT2D eigenvalue weighted by atomic mass is 35.5. The van der Waals surface area contributed by atoms with Gasteiger partial charge < -0.3 is 19.5 Å². The van der Waals surface area contributed by atoms with Gasteiger partial charge in [-0.05, 0) is 24.1 Å². The number of amides is 2. The molecule has 1 heterocycles. The number of ether oxygens (including phenoxy) is 3. The lowest BCUT2D eigenvalue weighted by Gasteiger charge is -2.15. The molecule has 1 aliphatic rings. The van der Waals surface area contributed by atoms with Crippen LogP contribution in [0.3, 0.4) is 0 Å². The number of rotatable bonds is 9. The quantitative estimate of drug-likeness (QED) is 0.484. The van der Waals surface area contributed by atoms with Crippen molar-refractivity contribution in [2.24, 2.45) is 0 Å². The lowest BCUT2D eigenvalue weighted by molar-refractivity contribution is -0.136. The molecule has 0 bridgehead atoms. The molecular formula is C22H23ClN2O5. The first-order chi connectivity index (χ1) is 14.5. The minimum atomic E-state index is -0.400. The van der Waals surface area contributed by atoms with Gasteiger partial charge in [0.1, 0.15) is 17.2 Å². The van der Waals surface area contributed by atoms with E-state index in [2.05, 4.69) is 5.32 Å². The Morgan fingerprint density at radius 3 is 2.13 bits per heavy atom. The summed E-state index contributed by atoms with van der Waals surface area (Å²) in [7, 11) is 4.66. The number of carbonyl (C=O) groups excluding carboxylic acids is 2.